The van der Waals surface area contributed by atoms with Crippen LogP contribution in [0.3, 0.4) is 0 Å². The van der Waals surface area contributed by atoms with E-state index in [0.29, 0.717) is 0 Å². The van der Waals surface area contributed by atoms with Gasteiger partial charge in [-0.2, -0.15) is 0 Å². The highest BCUT2D eigenvalue weighted by Crippen LogP contribution is 2.37. The first-order chi connectivity index (χ1) is 9.85. The largest absolute Gasteiger partial charge is 0.497 e. The second-order valence-electron chi connectivity index (χ2n) is 5.37. The van der Waals surface area contributed by atoms with Crippen LogP contribution < -0.4 is 4.74 Å². The molecule has 1 fully saturated rings. The van der Waals surface area contributed by atoms with Gasteiger partial charge in [0.2, 0.25) is 0 Å². The molecule has 0 radical (unpaired) electrons. The predicted molar refractivity (Wildman–Crippen MR) is 104 cm³/mol. The van der Waals surface area contributed by atoms with Gasteiger partial charge in [-0.05, 0) is 49.1 Å². The minimum absolute atomic E-state index is 0. The fourth-order valence-corrected chi connectivity index (χ4v) is 3.85. The summed E-state index contributed by atoms with van der Waals surface area (Å²) in [6, 6.07) is 8.55. The number of benzene rings is 1. The fourth-order valence-electron chi connectivity index (χ4n) is 2.86. The molecule has 0 bridgehead atoms. The molecule has 0 unspecified atom stereocenters. The van der Waals surface area contributed by atoms with Crippen molar-refractivity contribution in [3.8, 4) is 5.75 Å². The van der Waals surface area contributed by atoms with Crippen LogP contribution in [0.25, 0.3) is 4.91 Å². The minimum Gasteiger partial charge on any atom is -0.497 e. The smallest absolute Gasteiger partial charge is 0.119 e. The molecule has 1 aromatic carbocycles. The van der Waals surface area contributed by atoms with Gasteiger partial charge >= 0.3 is 0 Å². The molecule has 22 heavy (non-hydrogen) atoms. The molecule has 0 N–H and O–H groups in total. The van der Waals surface area contributed by atoms with E-state index in [1.165, 1.54) is 55.4 Å². The highest BCUT2D eigenvalue weighted by Gasteiger charge is 2.12. The Morgan fingerprint density at radius 2 is 1.68 bits per heavy atom. The average molecular weight is 323 g/mol. The van der Waals surface area contributed by atoms with Crippen molar-refractivity contribution < 1.29 is 4.74 Å². The van der Waals surface area contributed by atoms with Gasteiger partial charge in [-0.3, -0.25) is 0 Å². The highest BCUT2D eigenvalue weighted by molar-refractivity contribution is 8.08. The van der Waals surface area contributed by atoms with Crippen LogP contribution >= 0.6 is 11.8 Å². The zero-order chi connectivity index (χ0) is 14.2. The van der Waals surface area contributed by atoms with Crippen molar-refractivity contribution in [2.24, 2.45) is 0 Å². The monoisotopic (exact) mass is 322 g/mol. The Labute approximate surface area is 142 Å². The van der Waals surface area contributed by atoms with Crippen LogP contribution in [0, 0.1) is 0 Å². The van der Waals surface area contributed by atoms with Gasteiger partial charge in [0.15, 0.2) is 0 Å². The molecule has 1 aliphatic rings. The first-order valence-corrected chi connectivity index (χ1v) is 8.83. The quantitative estimate of drug-likeness (QED) is 0.580. The van der Waals surface area contributed by atoms with Gasteiger partial charge in [0.25, 0.3) is 0 Å². The summed E-state index contributed by atoms with van der Waals surface area (Å²) in [5.74, 6) is 2.10. The molecule has 0 aromatic heterocycles. The Kier molecular flexibility index (Phi) is 11.2. The first-order valence-electron chi connectivity index (χ1n) is 7.84. The molecule has 126 valence electrons. The van der Waals surface area contributed by atoms with Crippen molar-refractivity contribution in [2.45, 2.75) is 66.7 Å². The van der Waals surface area contributed by atoms with Gasteiger partial charge in [-0.15, -0.1) is 11.8 Å². The Morgan fingerprint density at radius 1 is 1.05 bits per heavy atom. The molecule has 0 saturated heterocycles. The van der Waals surface area contributed by atoms with Crippen molar-refractivity contribution in [3.05, 3.63) is 35.4 Å². The molecule has 2 heteroatoms. The standard InChI is InChI=1S/C18H26OS.2CH4/c1-3-20-18(15-10-7-5-4-6-8-11-15)16-12-9-13-17(14-16)19-2;;/h9,12-14H,3-8,10-11H2,1-2H3;2*1H4. The predicted octanol–water partition coefficient (Wildman–Crippen LogP) is 7.18. The van der Waals surface area contributed by atoms with E-state index >= 15 is 0 Å². The molecule has 1 aromatic rings. The van der Waals surface area contributed by atoms with Crippen LogP contribution in [-0.2, 0) is 0 Å². The van der Waals surface area contributed by atoms with E-state index in [9.17, 15) is 0 Å². The average Bonchev–Trinajstić information content (AvgIpc) is 2.45. The SMILES string of the molecule is C.C.CCSC(=C1CCCCCCC1)c1cccc(OC)c1. The van der Waals surface area contributed by atoms with Crippen LogP contribution in [0.1, 0.15) is 72.3 Å². The number of allylic oxidation sites excluding steroid dienone is 1. The van der Waals surface area contributed by atoms with Crippen molar-refractivity contribution in [1.82, 2.24) is 0 Å². The number of methoxy groups -OCH3 is 1. The number of thioether (sulfide) groups is 1. The number of rotatable bonds is 4. The summed E-state index contributed by atoms with van der Waals surface area (Å²) >= 11 is 2.00. The van der Waals surface area contributed by atoms with Crippen LogP contribution in [0.5, 0.6) is 5.75 Å². The normalized spacial score (nSPS) is 14.9. The number of ether oxygens (including phenoxy) is 1. The first kappa shape index (κ1) is 21.1. The second kappa shape index (κ2) is 11.6. The Hall–Kier alpha value is -0.890. The lowest BCUT2D eigenvalue weighted by molar-refractivity contribution is 0.414. The van der Waals surface area contributed by atoms with E-state index in [0.717, 1.165) is 11.5 Å². The Balaban J connectivity index is 0.00000220. The van der Waals surface area contributed by atoms with E-state index in [-0.39, 0.29) is 14.9 Å². The zero-order valence-corrected chi connectivity index (χ0v) is 13.6. The van der Waals surface area contributed by atoms with Crippen LogP contribution in [0.2, 0.25) is 0 Å². The summed E-state index contributed by atoms with van der Waals surface area (Å²) < 4.78 is 5.38. The lowest BCUT2D eigenvalue weighted by Crippen LogP contribution is -1.96. The summed E-state index contributed by atoms with van der Waals surface area (Å²) in [5.41, 5.74) is 3.01. The topological polar surface area (TPSA) is 9.23 Å². The van der Waals surface area contributed by atoms with E-state index in [1.807, 2.05) is 17.8 Å². The zero-order valence-electron chi connectivity index (χ0n) is 12.8. The minimum atomic E-state index is 0. The lowest BCUT2D eigenvalue weighted by Gasteiger charge is -2.18. The molecule has 1 saturated carbocycles. The van der Waals surface area contributed by atoms with E-state index in [4.69, 9.17) is 4.74 Å². The van der Waals surface area contributed by atoms with Gasteiger partial charge in [-0.25, -0.2) is 0 Å². The van der Waals surface area contributed by atoms with Crippen molar-refractivity contribution in [1.29, 1.82) is 0 Å². The maximum atomic E-state index is 5.38. The van der Waals surface area contributed by atoms with Gasteiger partial charge in [0.1, 0.15) is 5.75 Å². The van der Waals surface area contributed by atoms with Gasteiger partial charge < -0.3 is 4.74 Å². The van der Waals surface area contributed by atoms with Crippen LogP contribution in [0.4, 0.5) is 0 Å². The summed E-state index contributed by atoms with van der Waals surface area (Å²) in [4.78, 5) is 1.51. The van der Waals surface area contributed by atoms with E-state index < -0.39 is 0 Å². The summed E-state index contributed by atoms with van der Waals surface area (Å²) in [6.07, 6.45) is 9.47. The van der Waals surface area contributed by atoms with Crippen LogP contribution in [0.15, 0.2) is 29.8 Å². The van der Waals surface area contributed by atoms with Crippen molar-refractivity contribution in [3.63, 3.8) is 0 Å². The lowest BCUT2D eigenvalue weighted by atomic mass is 9.94. The molecule has 2 rings (SSSR count). The summed E-state index contributed by atoms with van der Waals surface area (Å²) in [5, 5.41) is 0. The second-order valence-corrected chi connectivity index (χ2v) is 6.64. The maximum absolute atomic E-state index is 5.38. The molecule has 0 heterocycles. The van der Waals surface area contributed by atoms with Crippen molar-refractivity contribution >= 4 is 16.7 Å². The van der Waals surface area contributed by atoms with Crippen molar-refractivity contribution in [2.75, 3.05) is 12.9 Å². The number of hydrogen-bond donors (Lipinski definition) is 0. The third-order valence-corrected chi connectivity index (χ3v) is 5.00. The molecule has 0 atom stereocenters. The van der Waals surface area contributed by atoms with E-state index in [1.54, 1.807) is 12.7 Å². The van der Waals surface area contributed by atoms with Gasteiger partial charge in [-0.1, -0.05) is 58.7 Å². The summed E-state index contributed by atoms with van der Waals surface area (Å²) in [6.45, 7) is 2.24. The van der Waals surface area contributed by atoms with E-state index in [2.05, 4.69) is 25.1 Å². The maximum Gasteiger partial charge on any atom is 0.119 e. The van der Waals surface area contributed by atoms with Crippen LogP contribution in [-0.4, -0.2) is 12.9 Å². The van der Waals surface area contributed by atoms with Gasteiger partial charge in [0, 0.05) is 4.91 Å². The highest BCUT2D eigenvalue weighted by atomic mass is 32.2. The fraction of sp³-hybridized carbons (Fsp3) is 0.600. The Bertz CT molecular complexity index is 441. The Morgan fingerprint density at radius 3 is 2.27 bits per heavy atom. The third kappa shape index (κ3) is 6.08. The number of hydrogen-bond acceptors (Lipinski definition) is 2. The molecule has 1 aliphatic carbocycles. The molecule has 0 aliphatic heterocycles. The molecule has 1 nitrogen and oxygen atoms in total. The molecule has 0 spiro atoms. The molecular formula is C20H34OS. The molecule has 0 amide bonds. The molecular weight excluding hydrogens is 288 g/mol. The third-order valence-electron chi connectivity index (χ3n) is 3.90. The summed E-state index contributed by atoms with van der Waals surface area (Å²) in [7, 11) is 1.74. The van der Waals surface area contributed by atoms with Gasteiger partial charge in [0.05, 0.1) is 7.11 Å².